The SMILES string of the molecule is CC=CC(C)Cc1[c]cccc1. The molecule has 0 heteroatoms. The van der Waals surface area contributed by atoms with Gasteiger partial charge in [0.05, 0.1) is 0 Å². The molecule has 1 radical (unpaired) electrons. The van der Waals surface area contributed by atoms with Gasteiger partial charge in [-0.2, -0.15) is 0 Å². The van der Waals surface area contributed by atoms with Gasteiger partial charge in [-0.05, 0) is 30.9 Å². The molecule has 1 rings (SSSR count). The number of hydrogen-bond acceptors (Lipinski definition) is 0. The van der Waals surface area contributed by atoms with Crippen LogP contribution in [0.3, 0.4) is 0 Å². The molecule has 0 N–H and O–H groups in total. The van der Waals surface area contributed by atoms with Crippen molar-refractivity contribution in [3.63, 3.8) is 0 Å². The van der Waals surface area contributed by atoms with Crippen LogP contribution in [0.2, 0.25) is 0 Å². The van der Waals surface area contributed by atoms with E-state index >= 15 is 0 Å². The summed E-state index contributed by atoms with van der Waals surface area (Å²) in [5, 5.41) is 0. The summed E-state index contributed by atoms with van der Waals surface area (Å²) in [6.07, 6.45) is 5.42. The lowest BCUT2D eigenvalue weighted by Gasteiger charge is -2.04. The minimum absolute atomic E-state index is 0.619. The maximum atomic E-state index is 3.22. The van der Waals surface area contributed by atoms with Crippen LogP contribution in [0, 0.1) is 12.0 Å². The molecule has 0 amide bonds. The van der Waals surface area contributed by atoms with Crippen LogP contribution in [0.1, 0.15) is 19.4 Å². The molecular weight excluding hydrogens is 144 g/mol. The minimum Gasteiger partial charge on any atom is -0.0914 e. The molecule has 12 heavy (non-hydrogen) atoms. The Morgan fingerprint density at radius 2 is 2.33 bits per heavy atom. The van der Waals surface area contributed by atoms with E-state index in [0.29, 0.717) is 5.92 Å². The van der Waals surface area contributed by atoms with Gasteiger partial charge in [-0.15, -0.1) is 0 Å². The summed E-state index contributed by atoms with van der Waals surface area (Å²) < 4.78 is 0. The van der Waals surface area contributed by atoms with Crippen LogP contribution in [0.15, 0.2) is 36.4 Å². The molecule has 0 spiro atoms. The molecule has 0 nitrogen and oxygen atoms in total. The number of allylic oxidation sites excluding steroid dienone is 2. The Balaban J connectivity index is 2.52. The third kappa shape index (κ3) is 2.91. The third-order valence-electron chi connectivity index (χ3n) is 1.84. The van der Waals surface area contributed by atoms with Gasteiger partial charge in [-0.3, -0.25) is 0 Å². The van der Waals surface area contributed by atoms with E-state index < -0.39 is 0 Å². The summed E-state index contributed by atoms with van der Waals surface area (Å²) in [6, 6.07) is 11.4. The van der Waals surface area contributed by atoms with Crippen molar-refractivity contribution in [1.82, 2.24) is 0 Å². The first-order chi connectivity index (χ1) is 5.83. The zero-order chi connectivity index (χ0) is 8.81. The Morgan fingerprint density at radius 1 is 1.50 bits per heavy atom. The highest BCUT2D eigenvalue weighted by molar-refractivity contribution is 5.14. The van der Waals surface area contributed by atoms with E-state index in [1.54, 1.807) is 0 Å². The number of hydrogen-bond donors (Lipinski definition) is 0. The summed E-state index contributed by atoms with van der Waals surface area (Å²) in [7, 11) is 0. The van der Waals surface area contributed by atoms with E-state index in [9.17, 15) is 0 Å². The van der Waals surface area contributed by atoms with Gasteiger partial charge >= 0.3 is 0 Å². The Morgan fingerprint density at radius 3 is 2.92 bits per heavy atom. The summed E-state index contributed by atoms with van der Waals surface area (Å²) in [4.78, 5) is 0. The molecule has 1 unspecified atom stereocenters. The Labute approximate surface area is 74.9 Å². The molecule has 0 aliphatic rings. The van der Waals surface area contributed by atoms with Crippen LogP contribution in [-0.4, -0.2) is 0 Å². The van der Waals surface area contributed by atoms with Gasteiger partial charge in [0.2, 0.25) is 0 Å². The molecule has 0 saturated carbocycles. The topological polar surface area (TPSA) is 0 Å². The first-order valence-corrected chi connectivity index (χ1v) is 4.41. The van der Waals surface area contributed by atoms with E-state index in [0.717, 1.165) is 6.42 Å². The van der Waals surface area contributed by atoms with E-state index in [1.165, 1.54) is 5.56 Å². The van der Waals surface area contributed by atoms with Gasteiger partial charge < -0.3 is 0 Å². The van der Waals surface area contributed by atoms with Crippen LogP contribution in [0.5, 0.6) is 0 Å². The summed E-state index contributed by atoms with van der Waals surface area (Å²) >= 11 is 0. The molecule has 0 fully saturated rings. The van der Waals surface area contributed by atoms with Crippen molar-refractivity contribution in [1.29, 1.82) is 0 Å². The molecule has 1 atom stereocenters. The van der Waals surface area contributed by atoms with Gasteiger partial charge in [-0.1, -0.05) is 43.3 Å². The van der Waals surface area contributed by atoms with Gasteiger partial charge in [0.25, 0.3) is 0 Å². The first kappa shape index (κ1) is 9.05. The maximum Gasteiger partial charge on any atom is -0.0149 e. The average molecular weight is 159 g/mol. The lowest BCUT2D eigenvalue weighted by Crippen LogP contribution is -1.95. The summed E-state index contributed by atoms with van der Waals surface area (Å²) in [5.74, 6) is 0.619. The van der Waals surface area contributed by atoms with E-state index in [-0.39, 0.29) is 0 Å². The lowest BCUT2D eigenvalue weighted by atomic mass is 10.0. The normalized spacial score (nSPS) is 13.5. The zero-order valence-electron chi connectivity index (χ0n) is 7.75. The van der Waals surface area contributed by atoms with Gasteiger partial charge in [0, 0.05) is 0 Å². The van der Waals surface area contributed by atoms with Gasteiger partial charge in [0.1, 0.15) is 0 Å². The Kier molecular flexibility index (Phi) is 3.59. The Hall–Kier alpha value is -1.04. The zero-order valence-corrected chi connectivity index (χ0v) is 7.75. The van der Waals surface area contributed by atoms with Crippen molar-refractivity contribution in [2.45, 2.75) is 20.3 Å². The van der Waals surface area contributed by atoms with Crippen LogP contribution in [-0.2, 0) is 6.42 Å². The number of rotatable bonds is 3. The quantitative estimate of drug-likeness (QED) is 0.594. The highest BCUT2D eigenvalue weighted by atomic mass is 14.0. The fraction of sp³-hybridized carbons (Fsp3) is 0.333. The standard InChI is InChI=1S/C12H15/c1-3-7-11(2)10-12-8-5-4-6-9-12/h3-8,11H,10H2,1-2H3. The molecule has 0 saturated heterocycles. The average Bonchev–Trinajstić information content (AvgIpc) is 2.06. The minimum atomic E-state index is 0.619. The maximum absolute atomic E-state index is 3.22. The van der Waals surface area contributed by atoms with E-state index in [4.69, 9.17) is 0 Å². The fourth-order valence-corrected chi connectivity index (χ4v) is 1.30. The molecular formula is C12H15. The second-order valence-corrected chi connectivity index (χ2v) is 3.10. The molecule has 0 heterocycles. The smallest absolute Gasteiger partial charge is 0.0149 e. The van der Waals surface area contributed by atoms with Gasteiger partial charge in [0.15, 0.2) is 0 Å². The summed E-state index contributed by atoms with van der Waals surface area (Å²) in [5.41, 5.74) is 1.29. The van der Waals surface area contributed by atoms with Crippen molar-refractivity contribution in [2.75, 3.05) is 0 Å². The van der Waals surface area contributed by atoms with Crippen molar-refractivity contribution >= 4 is 0 Å². The lowest BCUT2D eigenvalue weighted by molar-refractivity contribution is 0.722. The van der Waals surface area contributed by atoms with Crippen LogP contribution in [0.4, 0.5) is 0 Å². The van der Waals surface area contributed by atoms with Crippen molar-refractivity contribution in [3.8, 4) is 0 Å². The second-order valence-electron chi connectivity index (χ2n) is 3.10. The molecule has 1 aromatic carbocycles. The molecule has 0 aromatic heterocycles. The largest absolute Gasteiger partial charge is 0.0914 e. The molecule has 0 bridgehead atoms. The number of benzene rings is 1. The molecule has 0 aliphatic heterocycles. The Bertz CT molecular complexity index is 233. The molecule has 63 valence electrons. The predicted octanol–water partition coefficient (Wildman–Crippen LogP) is 3.24. The van der Waals surface area contributed by atoms with E-state index in [1.807, 2.05) is 12.1 Å². The van der Waals surface area contributed by atoms with Crippen LogP contribution in [0.25, 0.3) is 0 Å². The highest BCUT2D eigenvalue weighted by Crippen LogP contribution is 2.08. The van der Waals surface area contributed by atoms with E-state index in [2.05, 4.69) is 44.2 Å². The second kappa shape index (κ2) is 4.76. The van der Waals surface area contributed by atoms with Crippen molar-refractivity contribution in [2.24, 2.45) is 5.92 Å². The molecule has 0 aliphatic carbocycles. The monoisotopic (exact) mass is 159 g/mol. The fourth-order valence-electron chi connectivity index (χ4n) is 1.30. The molecule has 1 aromatic rings. The first-order valence-electron chi connectivity index (χ1n) is 4.41. The summed E-state index contributed by atoms with van der Waals surface area (Å²) in [6.45, 7) is 4.28. The van der Waals surface area contributed by atoms with Gasteiger partial charge in [-0.25, -0.2) is 0 Å². The van der Waals surface area contributed by atoms with Crippen LogP contribution >= 0.6 is 0 Å². The third-order valence-corrected chi connectivity index (χ3v) is 1.84. The highest BCUT2D eigenvalue weighted by Gasteiger charge is 1.97. The van der Waals surface area contributed by atoms with Crippen molar-refractivity contribution in [3.05, 3.63) is 48.0 Å². The van der Waals surface area contributed by atoms with Crippen molar-refractivity contribution < 1.29 is 0 Å². The van der Waals surface area contributed by atoms with Crippen LogP contribution < -0.4 is 0 Å². The predicted molar refractivity (Wildman–Crippen MR) is 53.0 cm³/mol.